The summed E-state index contributed by atoms with van der Waals surface area (Å²) < 4.78 is 16.6. The monoisotopic (exact) mass is 317 g/mol. The lowest BCUT2D eigenvalue weighted by molar-refractivity contribution is -0.137. The molecule has 0 bridgehead atoms. The first-order valence-corrected chi connectivity index (χ1v) is 7.90. The summed E-state index contributed by atoms with van der Waals surface area (Å²) in [6.07, 6.45) is 1.15. The van der Waals surface area contributed by atoms with E-state index in [4.69, 9.17) is 19.0 Å². The van der Waals surface area contributed by atoms with E-state index in [9.17, 15) is 4.79 Å². The third kappa shape index (κ3) is 2.85. The molecule has 0 radical (unpaired) electrons. The second kappa shape index (κ2) is 5.96. The van der Waals surface area contributed by atoms with E-state index in [0.717, 1.165) is 43.7 Å². The number of rotatable bonds is 3. The number of hydrogen-bond donors (Lipinski definition) is 1. The summed E-state index contributed by atoms with van der Waals surface area (Å²) in [6, 6.07) is 7.83. The van der Waals surface area contributed by atoms with Crippen molar-refractivity contribution >= 4 is 16.9 Å². The molecule has 0 unspecified atom stereocenters. The minimum absolute atomic E-state index is 0.0204. The van der Waals surface area contributed by atoms with Crippen LogP contribution in [0.1, 0.15) is 22.5 Å². The van der Waals surface area contributed by atoms with Crippen molar-refractivity contribution in [3.8, 4) is 0 Å². The van der Waals surface area contributed by atoms with Crippen LogP contribution >= 0.6 is 0 Å². The van der Waals surface area contributed by atoms with Gasteiger partial charge in [-0.2, -0.15) is 0 Å². The molecule has 2 fully saturated rings. The number of carbonyl (C=O) groups is 1. The zero-order valence-corrected chi connectivity index (χ0v) is 12.7. The number of ether oxygens (including phenoxy) is 2. The van der Waals surface area contributed by atoms with E-state index in [1.807, 2.05) is 18.2 Å². The van der Waals surface area contributed by atoms with E-state index in [2.05, 4.69) is 4.90 Å². The van der Waals surface area contributed by atoms with Crippen molar-refractivity contribution in [2.75, 3.05) is 26.4 Å². The number of carboxylic acids is 1. The Morgan fingerprint density at radius 3 is 3.09 bits per heavy atom. The molecule has 2 aromatic rings. The van der Waals surface area contributed by atoms with Crippen LogP contribution in [0.2, 0.25) is 0 Å². The molecule has 6 heteroatoms. The molecule has 0 saturated carbocycles. The predicted molar refractivity (Wildman–Crippen MR) is 82.5 cm³/mol. The molecule has 2 atom stereocenters. The number of fused-ring (bicyclic) bond motifs is 2. The van der Waals surface area contributed by atoms with Crippen molar-refractivity contribution in [3.63, 3.8) is 0 Å². The lowest BCUT2D eigenvalue weighted by Gasteiger charge is -2.43. The predicted octanol–water partition coefficient (Wildman–Crippen LogP) is 2.12. The van der Waals surface area contributed by atoms with Crippen LogP contribution < -0.4 is 0 Å². The summed E-state index contributed by atoms with van der Waals surface area (Å²) in [6.45, 7) is 3.91. The van der Waals surface area contributed by atoms with Crippen molar-refractivity contribution in [1.29, 1.82) is 0 Å². The Morgan fingerprint density at radius 2 is 2.22 bits per heavy atom. The van der Waals surface area contributed by atoms with Gasteiger partial charge in [-0.3, -0.25) is 4.90 Å². The third-order valence-corrected chi connectivity index (χ3v) is 4.63. The van der Waals surface area contributed by atoms with Gasteiger partial charge in [0.25, 0.3) is 0 Å². The average molecular weight is 317 g/mol. The molecular formula is C17H19NO5. The van der Waals surface area contributed by atoms with Gasteiger partial charge >= 0.3 is 5.97 Å². The first-order valence-electron chi connectivity index (χ1n) is 7.90. The average Bonchev–Trinajstić information content (AvgIpc) is 2.99. The SMILES string of the molecule is O=C(O)c1cc2cc(CN3CCO[C@@H]4COCC[C@@H]43)ccc2o1. The van der Waals surface area contributed by atoms with Gasteiger partial charge in [0.2, 0.25) is 5.76 Å². The van der Waals surface area contributed by atoms with E-state index in [-0.39, 0.29) is 11.9 Å². The molecule has 0 aliphatic carbocycles. The number of nitrogens with zero attached hydrogens (tertiary/aromatic N) is 1. The second-order valence-corrected chi connectivity index (χ2v) is 6.10. The van der Waals surface area contributed by atoms with Crippen LogP contribution in [-0.2, 0) is 16.0 Å². The molecule has 1 aromatic carbocycles. The normalized spacial score (nSPS) is 25.4. The van der Waals surface area contributed by atoms with Crippen molar-refractivity contribution in [1.82, 2.24) is 4.90 Å². The van der Waals surface area contributed by atoms with Gasteiger partial charge in [0.15, 0.2) is 0 Å². The van der Waals surface area contributed by atoms with Crippen LogP contribution in [0.5, 0.6) is 0 Å². The highest BCUT2D eigenvalue weighted by atomic mass is 16.5. The molecule has 1 N–H and O–H groups in total. The lowest BCUT2D eigenvalue weighted by Crippen LogP contribution is -2.55. The maximum Gasteiger partial charge on any atom is 0.371 e. The molecule has 1 aromatic heterocycles. The fraction of sp³-hybridized carbons (Fsp3) is 0.471. The smallest absolute Gasteiger partial charge is 0.371 e. The van der Waals surface area contributed by atoms with Gasteiger partial charge in [0.1, 0.15) is 5.58 Å². The topological polar surface area (TPSA) is 72.1 Å². The highest BCUT2D eigenvalue weighted by molar-refractivity contribution is 5.91. The van der Waals surface area contributed by atoms with Crippen molar-refractivity contribution in [3.05, 3.63) is 35.6 Å². The fourth-order valence-electron chi connectivity index (χ4n) is 3.49. The van der Waals surface area contributed by atoms with Gasteiger partial charge in [-0.05, 0) is 30.2 Å². The van der Waals surface area contributed by atoms with Crippen molar-refractivity contribution in [2.45, 2.75) is 25.1 Å². The second-order valence-electron chi connectivity index (χ2n) is 6.10. The molecule has 23 heavy (non-hydrogen) atoms. The van der Waals surface area contributed by atoms with Crippen molar-refractivity contribution < 1.29 is 23.8 Å². The van der Waals surface area contributed by atoms with E-state index >= 15 is 0 Å². The first kappa shape index (κ1) is 14.7. The number of carboxylic acid groups (broad SMARTS) is 1. The van der Waals surface area contributed by atoms with Gasteiger partial charge < -0.3 is 19.0 Å². The van der Waals surface area contributed by atoms with Crippen LogP contribution in [-0.4, -0.2) is 54.5 Å². The molecule has 4 rings (SSSR count). The molecular weight excluding hydrogens is 298 g/mol. The quantitative estimate of drug-likeness (QED) is 0.935. The van der Waals surface area contributed by atoms with E-state index in [0.29, 0.717) is 18.2 Å². The Balaban J connectivity index is 1.55. The third-order valence-electron chi connectivity index (χ3n) is 4.63. The molecule has 6 nitrogen and oxygen atoms in total. The van der Waals surface area contributed by atoms with Gasteiger partial charge in [-0.15, -0.1) is 0 Å². The Morgan fingerprint density at radius 1 is 1.30 bits per heavy atom. The van der Waals surface area contributed by atoms with Crippen molar-refractivity contribution in [2.24, 2.45) is 0 Å². The van der Waals surface area contributed by atoms with Crippen LogP contribution in [0.15, 0.2) is 28.7 Å². The molecule has 3 heterocycles. The number of hydrogen-bond acceptors (Lipinski definition) is 5. The lowest BCUT2D eigenvalue weighted by atomic mass is 10.0. The fourth-order valence-corrected chi connectivity index (χ4v) is 3.49. The molecule has 0 spiro atoms. The van der Waals surface area contributed by atoms with Gasteiger partial charge in [0, 0.05) is 31.1 Å². The van der Waals surface area contributed by atoms with Gasteiger partial charge in [-0.25, -0.2) is 4.79 Å². The highest BCUT2D eigenvalue weighted by Gasteiger charge is 2.34. The molecule has 2 aliphatic rings. The minimum atomic E-state index is -1.04. The molecule has 122 valence electrons. The van der Waals surface area contributed by atoms with E-state index in [1.165, 1.54) is 0 Å². The number of furan rings is 1. The largest absolute Gasteiger partial charge is 0.475 e. The Bertz CT molecular complexity index is 723. The summed E-state index contributed by atoms with van der Waals surface area (Å²) in [4.78, 5) is 13.4. The first-order chi connectivity index (χ1) is 11.2. The molecule has 0 amide bonds. The summed E-state index contributed by atoms with van der Waals surface area (Å²) in [5.41, 5.74) is 1.76. The van der Waals surface area contributed by atoms with Gasteiger partial charge in [0.05, 0.1) is 19.3 Å². The van der Waals surface area contributed by atoms with Gasteiger partial charge in [-0.1, -0.05) is 6.07 Å². The summed E-state index contributed by atoms with van der Waals surface area (Å²) in [7, 11) is 0. The number of morpholine rings is 1. The van der Waals surface area contributed by atoms with E-state index < -0.39 is 5.97 Å². The van der Waals surface area contributed by atoms with Crippen LogP contribution in [0.4, 0.5) is 0 Å². The maximum absolute atomic E-state index is 11.0. The number of aromatic carboxylic acids is 1. The van der Waals surface area contributed by atoms with Crippen LogP contribution in [0, 0.1) is 0 Å². The van der Waals surface area contributed by atoms with E-state index in [1.54, 1.807) is 6.07 Å². The molecule has 2 saturated heterocycles. The van der Waals surface area contributed by atoms with Crippen LogP contribution in [0.3, 0.4) is 0 Å². The number of benzene rings is 1. The highest BCUT2D eigenvalue weighted by Crippen LogP contribution is 2.26. The minimum Gasteiger partial charge on any atom is -0.475 e. The Labute approximate surface area is 133 Å². The van der Waals surface area contributed by atoms with Crippen LogP contribution in [0.25, 0.3) is 11.0 Å². The zero-order chi connectivity index (χ0) is 15.8. The Hall–Kier alpha value is -1.89. The molecule has 2 aliphatic heterocycles. The zero-order valence-electron chi connectivity index (χ0n) is 12.7. The summed E-state index contributed by atoms with van der Waals surface area (Å²) in [5, 5.41) is 9.85. The Kier molecular flexibility index (Phi) is 3.80. The maximum atomic E-state index is 11.0. The standard InChI is InChI=1S/C17H19NO5/c19-17(20)15-8-12-7-11(1-2-14(12)23-15)9-18-4-6-22-16-10-21-5-3-13(16)18/h1-2,7-8,13,16H,3-6,9-10H2,(H,19,20)/t13-,16+/m0/s1. The summed E-state index contributed by atoms with van der Waals surface area (Å²) >= 11 is 0. The summed E-state index contributed by atoms with van der Waals surface area (Å²) in [5.74, 6) is -1.06.